The van der Waals surface area contributed by atoms with Crippen molar-refractivity contribution in [2.45, 2.75) is 31.2 Å². The first kappa shape index (κ1) is 30.7. The fourth-order valence-corrected chi connectivity index (χ4v) is 6.70. The van der Waals surface area contributed by atoms with Gasteiger partial charge in [0.15, 0.2) is 0 Å². The number of hydrogen-bond acceptors (Lipinski definition) is 5. The standard InChI is InChI=1S/C35H38N2O4S/c1-26(36-27(2)38)34(39)37(25-28-20-21-32(40-3)24-33(28)41-4)22-23-42-35(29-14-8-5-9-15-29,30-16-10-6-11-17-30)31-18-12-7-13-19-31/h5-21,24,26H,22-23,25H2,1-4H3,(H,36,38). The van der Waals surface area contributed by atoms with Crippen LogP contribution in [-0.2, 0) is 20.9 Å². The number of hydrogen-bond donors (Lipinski definition) is 1. The molecule has 0 aromatic heterocycles. The largest absolute Gasteiger partial charge is 0.497 e. The molecule has 4 aromatic rings. The second kappa shape index (κ2) is 14.6. The van der Waals surface area contributed by atoms with Gasteiger partial charge < -0.3 is 19.7 Å². The molecule has 0 aliphatic rings. The van der Waals surface area contributed by atoms with Crippen LogP contribution in [0.4, 0.5) is 0 Å². The third kappa shape index (κ3) is 7.15. The van der Waals surface area contributed by atoms with Crippen LogP contribution in [0.1, 0.15) is 36.1 Å². The van der Waals surface area contributed by atoms with E-state index < -0.39 is 10.8 Å². The van der Waals surface area contributed by atoms with Crippen LogP contribution in [0.3, 0.4) is 0 Å². The number of rotatable bonds is 13. The molecule has 0 aliphatic carbocycles. The number of methoxy groups -OCH3 is 2. The molecule has 0 aliphatic heterocycles. The van der Waals surface area contributed by atoms with E-state index in [9.17, 15) is 9.59 Å². The van der Waals surface area contributed by atoms with Crippen LogP contribution < -0.4 is 14.8 Å². The molecule has 4 rings (SSSR count). The Bertz CT molecular complexity index is 1350. The van der Waals surface area contributed by atoms with Crippen molar-refractivity contribution < 1.29 is 19.1 Å². The summed E-state index contributed by atoms with van der Waals surface area (Å²) in [4.78, 5) is 27.3. The number of carbonyl (C=O) groups excluding carboxylic acids is 2. The number of ether oxygens (including phenoxy) is 2. The van der Waals surface area contributed by atoms with Crippen LogP contribution in [0, 0.1) is 0 Å². The molecule has 2 amide bonds. The van der Waals surface area contributed by atoms with Crippen molar-refractivity contribution in [2.24, 2.45) is 0 Å². The minimum absolute atomic E-state index is 0.159. The Hall–Kier alpha value is -4.23. The number of thioether (sulfide) groups is 1. The summed E-state index contributed by atoms with van der Waals surface area (Å²) < 4.78 is 10.5. The summed E-state index contributed by atoms with van der Waals surface area (Å²) in [5, 5.41) is 2.75. The minimum Gasteiger partial charge on any atom is -0.497 e. The van der Waals surface area contributed by atoms with E-state index in [1.165, 1.54) is 6.92 Å². The Morgan fingerprint density at radius 1 is 0.810 bits per heavy atom. The van der Waals surface area contributed by atoms with E-state index in [2.05, 4.69) is 78.1 Å². The van der Waals surface area contributed by atoms with Crippen molar-refractivity contribution in [1.29, 1.82) is 0 Å². The van der Waals surface area contributed by atoms with E-state index in [0.29, 0.717) is 30.3 Å². The first-order valence-corrected chi connectivity index (χ1v) is 14.9. The Labute approximate surface area is 253 Å². The summed E-state index contributed by atoms with van der Waals surface area (Å²) in [5.41, 5.74) is 4.34. The van der Waals surface area contributed by atoms with Gasteiger partial charge in [-0.15, -0.1) is 11.8 Å². The lowest BCUT2D eigenvalue weighted by Crippen LogP contribution is -2.47. The highest BCUT2D eigenvalue weighted by molar-refractivity contribution is 8.00. The molecule has 0 radical (unpaired) electrons. The molecule has 4 aromatic carbocycles. The van der Waals surface area contributed by atoms with Gasteiger partial charge in [0, 0.05) is 37.4 Å². The van der Waals surface area contributed by atoms with Gasteiger partial charge in [-0.05, 0) is 35.7 Å². The van der Waals surface area contributed by atoms with Crippen LogP contribution in [0.25, 0.3) is 0 Å². The molecule has 0 saturated heterocycles. The van der Waals surface area contributed by atoms with Gasteiger partial charge in [-0.25, -0.2) is 0 Å². The lowest BCUT2D eigenvalue weighted by Gasteiger charge is -2.36. The van der Waals surface area contributed by atoms with Crippen molar-refractivity contribution in [1.82, 2.24) is 10.2 Å². The first-order chi connectivity index (χ1) is 20.4. The molecule has 1 N–H and O–H groups in total. The summed E-state index contributed by atoms with van der Waals surface area (Å²) in [7, 11) is 3.21. The van der Waals surface area contributed by atoms with Gasteiger partial charge in [0.25, 0.3) is 0 Å². The van der Waals surface area contributed by atoms with E-state index in [0.717, 1.165) is 22.3 Å². The SMILES string of the molecule is COc1ccc(CN(CCSC(c2ccccc2)(c2ccccc2)c2ccccc2)C(=O)C(C)NC(C)=O)c(OC)c1. The maximum atomic E-state index is 13.7. The van der Waals surface area contributed by atoms with Crippen molar-refractivity contribution in [3.05, 3.63) is 131 Å². The predicted octanol–water partition coefficient (Wildman–Crippen LogP) is 6.28. The molecule has 0 bridgehead atoms. The zero-order valence-corrected chi connectivity index (χ0v) is 25.4. The Morgan fingerprint density at radius 2 is 1.33 bits per heavy atom. The number of nitrogens with one attached hydrogen (secondary N) is 1. The zero-order chi connectivity index (χ0) is 30.0. The second-order valence-corrected chi connectivity index (χ2v) is 11.3. The third-order valence-corrected chi connectivity index (χ3v) is 8.70. The number of carbonyl (C=O) groups is 2. The molecule has 0 heterocycles. The maximum Gasteiger partial charge on any atom is 0.245 e. The number of nitrogens with zero attached hydrogens (tertiary/aromatic N) is 1. The molecule has 1 atom stereocenters. The quantitative estimate of drug-likeness (QED) is 0.188. The van der Waals surface area contributed by atoms with Crippen molar-refractivity contribution >= 4 is 23.6 Å². The second-order valence-electron chi connectivity index (χ2n) is 9.99. The number of benzene rings is 4. The molecule has 0 fully saturated rings. The fourth-order valence-electron chi connectivity index (χ4n) is 5.17. The molecular formula is C35H38N2O4S. The minimum atomic E-state index is -0.668. The monoisotopic (exact) mass is 582 g/mol. The molecular weight excluding hydrogens is 544 g/mol. The van der Waals surface area contributed by atoms with Crippen LogP contribution >= 0.6 is 11.8 Å². The van der Waals surface area contributed by atoms with Gasteiger partial charge in [-0.3, -0.25) is 9.59 Å². The third-order valence-electron chi connectivity index (χ3n) is 7.18. The Balaban J connectivity index is 1.70. The van der Waals surface area contributed by atoms with E-state index in [-0.39, 0.29) is 11.8 Å². The van der Waals surface area contributed by atoms with Gasteiger partial charge >= 0.3 is 0 Å². The summed E-state index contributed by atoms with van der Waals surface area (Å²) >= 11 is 1.79. The van der Waals surface area contributed by atoms with Crippen LogP contribution in [-0.4, -0.2) is 49.3 Å². The summed E-state index contributed by atoms with van der Waals surface area (Å²) in [6.45, 7) is 3.92. The van der Waals surface area contributed by atoms with E-state index >= 15 is 0 Å². The average Bonchev–Trinajstić information content (AvgIpc) is 3.03. The van der Waals surface area contributed by atoms with Crippen LogP contribution in [0.5, 0.6) is 11.5 Å². The lowest BCUT2D eigenvalue weighted by atomic mass is 9.84. The maximum absolute atomic E-state index is 13.7. The smallest absolute Gasteiger partial charge is 0.245 e. The van der Waals surface area contributed by atoms with Crippen LogP contribution in [0.2, 0.25) is 0 Å². The Kier molecular flexibility index (Phi) is 10.7. The van der Waals surface area contributed by atoms with Crippen LogP contribution in [0.15, 0.2) is 109 Å². The van der Waals surface area contributed by atoms with Crippen molar-refractivity contribution in [3.8, 4) is 11.5 Å². The summed E-state index contributed by atoms with van der Waals surface area (Å²) in [6.07, 6.45) is 0. The lowest BCUT2D eigenvalue weighted by molar-refractivity contribution is -0.135. The molecule has 6 nitrogen and oxygen atoms in total. The van der Waals surface area contributed by atoms with Crippen molar-refractivity contribution in [2.75, 3.05) is 26.5 Å². The normalized spacial score (nSPS) is 11.8. The molecule has 7 heteroatoms. The van der Waals surface area contributed by atoms with Gasteiger partial charge in [0.2, 0.25) is 11.8 Å². The summed E-state index contributed by atoms with van der Waals surface area (Å²) in [6, 6.07) is 36.4. The highest BCUT2D eigenvalue weighted by atomic mass is 32.2. The van der Waals surface area contributed by atoms with E-state index in [4.69, 9.17) is 9.47 Å². The van der Waals surface area contributed by atoms with Gasteiger partial charge in [0.1, 0.15) is 17.5 Å². The first-order valence-electron chi connectivity index (χ1n) is 14.0. The Morgan fingerprint density at radius 3 is 1.79 bits per heavy atom. The van der Waals surface area contributed by atoms with Gasteiger partial charge in [-0.1, -0.05) is 91.0 Å². The molecule has 1 unspecified atom stereocenters. The highest BCUT2D eigenvalue weighted by Gasteiger charge is 2.37. The van der Waals surface area contributed by atoms with Gasteiger partial charge in [0.05, 0.1) is 19.0 Å². The molecule has 0 saturated carbocycles. The molecule has 218 valence electrons. The van der Waals surface area contributed by atoms with E-state index in [1.807, 2.05) is 36.4 Å². The predicted molar refractivity (Wildman–Crippen MR) is 170 cm³/mol. The zero-order valence-electron chi connectivity index (χ0n) is 24.6. The molecule has 42 heavy (non-hydrogen) atoms. The van der Waals surface area contributed by atoms with E-state index in [1.54, 1.807) is 37.8 Å². The highest BCUT2D eigenvalue weighted by Crippen LogP contribution is 2.48. The van der Waals surface area contributed by atoms with Gasteiger partial charge in [-0.2, -0.15) is 0 Å². The average molecular weight is 583 g/mol. The van der Waals surface area contributed by atoms with Crippen molar-refractivity contribution in [3.63, 3.8) is 0 Å². The molecule has 0 spiro atoms. The topological polar surface area (TPSA) is 67.9 Å². The number of amides is 2. The summed E-state index contributed by atoms with van der Waals surface area (Å²) in [5.74, 6) is 1.54. The fraction of sp³-hybridized carbons (Fsp3) is 0.257.